The molecule has 0 aromatic carbocycles. The van der Waals surface area contributed by atoms with Gasteiger partial charge in [0.15, 0.2) is 6.29 Å². The van der Waals surface area contributed by atoms with Crippen LogP contribution in [0.25, 0.3) is 0 Å². The number of hydrogen-bond donors (Lipinski definition) is 6. The molecule has 1 fully saturated rings. The van der Waals surface area contributed by atoms with Crippen molar-refractivity contribution in [1.82, 2.24) is 5.32 Å². The molecule has 0 radical (unpaired) electrons. The number of unbranched alkanes of at least 4 members (excludes halogenated alkanes) is 48. The summed E-state index contributed by atoms with van der Waals surface area (Å²) in [5.74, 6) is -0.168. The van der Waals surface area contributed by atoms with Gasteiger partial charge in [-0.1, -0.05) is 328 Å². The first kappa shape index (κ1) is 70.9. The minimum Gasteiger partial charge on any atom is -0.394 e. The van der Waals surface area contributed by atoms with Gasteiger partial charge >= 0.3 is 0 Å². The van der Waals surface area contributed by atoms with Crippen molar-refractivity contribution in [2.24, 2.45) is 0 Å². The molecule has 1 saturated heterocycles. The summed E-state index contributed by atoms with van der Waals surface area (Å²) in [6.45, 7) is 3.84. The van der Waals surface area contributed by atoms with Crippen molar-refractivity contribution in [2.45, 2.75) is 384 Å². The standard InChI is InChI=1S/C65H127NO8/c1-3-5-7-9-11-13-15-17-19-21-23-25-26-27-28-29-30-31-32-33-34-35-36-38-40-42-44-46-48-50-52-54-59(68)58(57-73-65-64(72)63(71)62(70)60(56-67)74-65)66-61(69)55-53-51-49-47-45-43-41-39-37-24-22-20-18-16-14-12-10-8-6-4-2/h52,54,58-60,62-65,67-68,70-72H,3-51,53,55-57H2,1-2H3,(H,66,69)/b54-52+. The van der Waals surface area contributed by atoms with Crippen LogP contribution in [0.3, 0.4) is 0 Å². The Morgan fingerprint density at radius 1 is 0.446 bits per heavy atom. The number of aliphatic hydroxyl groups excluding tert-OH is 5. The van der Waals surface area contributed by atoms with Gasteiger partial charge in [-0.05, 0) is 19.3 Å². The minimum atomic E-state index is -1.56. The van der Waals surface area contributed by atoms with Gasteiger partial charge in [0, 0.05) is 6.42 Å². The van der Waals surface area contributed by atoms with E-state index in [0.29, 0.717) is 6.42 Å². The molecule has 7 atom stereocenters. The normalized spacial score (nSPS) is 18.9. The summed E-state index contributed by atoms with van der Waals surface area (Å²) in [5.41, 5.74) is 0. The van der Waals surface area contributed by atoms with Gasteiger partial charge in [-0.25, -0.2) is 0 Å². The Labute approximate surface area is 458 Å². The van der Waals surface area contributed by atoms with E-state index >= 15 is 0 Å². The third-order valence-corrected chi connectivity index (χ3v) is 16.1. The fourth-order valence-corrected chi connectivity index (χ4v) is 10.9. The first-order chi connectivity index (χ1) is 36.3. The molecule has 440 valence electrons. The molecule has 0 aromatic heterocycles. The maximum atomic E-state index is 13.1. The van der Waals surface area contributed by atoms with E-state index in [-0.39, 0.29) is 12.5 Å². The molecule has 9 nitrogen and oxygen atoms in total. The largest absolute Gasteiger partial charge is 0.394 e. The summed E-state index contributed by atoms with van der Waals surface area (Å²) >= 11 is 0. The second-order valence-corrected chi connectivity index (χ2v) is 23.3. The number of allylic oxidation sites excluding steroid dienone is 1. The van der Waals surface area contributed by atoms with E-state index in [2.05, 4.69) is 19.2 Å². The molecular weight excluding hydrogens is 923 g/mol. The summed E-state index contributed by atoms with van der Waals surface area (Å²) in [6.07, 6.45) is 63.1. The van der Waals surface area contributed by atoms with Crippen molar-refractivity contribution >= 4 is 5.91 Å². The molecule has 1 aliphatic rings. The highest BCUT2D eigenvalue weighted by Gasteiger charge is 2.44. The average Bonchev–Trinajstić information content (AvgIpc) is 3.40. The number of carbonyl (C=O) groups is 1. The van der Waals surface area contributed by atoms with Gasteiger partial charge in [0.05, 0.1) is 25.4 Å². The molecule has 0 bridgehead atoms. The summed E-state index contributed by atoms with van der Waals surface area (Å²) in [5, 5.41) is 54.7. The lowest BCUT2D eigenvalue weighted by Crippen LogP contribution is -2.60. The van der Waals surface area contributed by atoms with Gasteiger partial charge in [-0.15, -0.1) is 0 Å². The molecule has 7 unspecified atom stereocenters. The average molecular weight is 1050 g/mol. The van der Waals surface area contributed by atoms with Crippen LogP contribution in [-0.4, -0.2) is 87.5 Å². The van der Waals surface area contributed by atoms with E-state index in [1.165, 1.54) is 283 Å². The van der Waals surface area contributed by atoms with Crippen LogP contribution in [0.2, 0.25) is 0 Å². The van der Waals surface area contributed by atoms with Gasteiger partial charge < -0.3 is 40.3 Å². The second kappa shape index (κ2) is 55.3. The molecule has 0 saturated carbocycles. The van der Waals surface area contributed by atoms with Gasteiger partial charge in [-0.3, -0.25) is 4.79 Å². The second-order valence-electron chi connectivity index (χ2n) is 23.3. The zero-order chi connectivity index (χ0) is 53.6. The molecule has 1 rings (SSSR count). The lowest BCUT2D eigenvalue weighted by molar-refractivity contribution is -0.302. The fraction of sp³-hybridized carbons (Fsp3) is 0.954. The van der Waals surface area contributed by atoms with Crippen molar-refractivity contribution in [3.63, 3.8) is 0 Å². The van der Waals surface area contributed by atoms with E-state index < -0.39 is 49.5 Å². The Morgan fingerprint density at radius 3 is 1.05 bits per heavy atom. The maximum absolute atomic E-state index is 13.1. The predicted octanol–water partition coefficient (Wildman–Crippen LogP) is 17.1. The van der Waals surface area contributed by atoms with Crippen LogP contribution in [0, 0.1) is 0 Å². The molecule has 1 aliphatic heterocycles. The monoisotopic (exact) mass is 1050 g/mol. The third kappa shape index (κ3) is 43.9. The Kier molecular flexibility index (Phi) is 53.0. The topological polar surface area (TPSA) is 149 Å². The molecule has 0 aromatic rings. The Balaban J connectivity index is 2.13. The zero-order valence-electron chi connectivity index (χ0n) is 49.1. The highest BCUT2D eigenvalue weighted by atomic mass is 16.7. The number of ether oxygens (including phenoxy) is 2. The van der Waals surface area contributed by atoms with Gasteiger partial charge in [0.2, 0.25) is 5.91 Å². The van der Waals surface area contributed by atoms with E-state index in [1.807, 2.05) is 6.08 Å². The number of rotatable bonds is 58. The smallest absolute Gasteiger partial charge is 0.220 e. The van der Waals surface area contributed by atoms with Crippen molar-refractivity contribution in [3.05, 3.63) is 12.2 Å². The number of nitrogens with one attached hydrogen (secondary N) is 1. The van der Waals surface area contributed by atoms with Crippen LogP contribution in [0.4, 0.5) is 0 Å². The predicted molar refractivity (Wildman–Crippen MR) is 314 cm³/mol. The summed E-state index contributed by atoms with van der Waals surface area (Å²) in [7, 11) is 0. The number of amides is 1. The first-order valence-electron chi connectivity index (χ1n) is 32.9. The number of carbonyl (C=O) groups excluding carboxylic acids is 1. The lowest BCUT2D eigenvalue weighted by atomic mass is 9.99. The molecule has 9 heteroatoms. The van der Waals surface area contributed by atoms with E-state index in [1.54, 1.807) is 6.08 Å². The van der Waals surface area contributed by atoms with E-state index in [4.69, 9.17) is 9.47 Å². The number of hydrogen-bond acceptors (Lipinski definition) is 8. The van der Waals surface area contributed by atoms with Crippen molar-refractivity contribution < 1.29 is 39.8 Å². The fourth-order valence-electron chi connectivity index (χ4n) is 10.9. The Morgan fingerprint density at radius 2 is 0.743 bits per heavy atom. The van der Waals surface area contributed by atoms with Crippen LogP contribution >= 0.6 is 0 Å². The first-order valence-corrected chi connectivity index (χ1v) is 32.9. The molecule has 1 amide bonds. The SMILES string of the molecule is CCCCCCCCCCCCCCCCCCCCCCCCCCCCCCC/C=C/C(O)C(COC1OC(CO)C(O)C(O)C1O)NC(=O)CCCCCCCCCCCCCCCCCCCCCC. The quantitative estimate of drug-likeness (QED) is 0.0261. The highest BCUT2D eigenvalue weighted by molar-refractivity contribution is 5.76. The summed E-state index contributed by atoms with van der Waals surface area (Å²) in [6, 6.07) is -0.801. The Hall–Kier alpha value is -1.07. The number of aliphatic hydroxyl groups is 5. The van der Waals surface area contributed by atoms with Gasteiger partial charge in [-0.2, -0.15) is 0 Å². The van der Waals surface area contributed by atoms with Crippen molar-refractivity contribution in [3.8, 4) is 0 Å². The third-order valence-electron chi connectivity index (χ3n) is 16.1. The molecule has 6 N–H and O–H groups in total. The van der Waals surface area contributed by atoms with E-state index in [0.717, 1.165) is 38.5 Å². The van der Waals surface area contributed by atoms with Crippen LogP contribution in [0.15, 0.2) is 12.2 Å². The molecule has 1 heterocycles. The Bertz CT molecular complexity index is 1170. The highest BCUT2D eigenvalue weighted by Crippen LogP contribution is 2.23. The molecule has 74 heavy (non-hydrogen) atoms. The molecule has 0 aliphatic carbocycles. The van der Waals surface area contributed by atoms with Crippen LogP contribution in [0.5, 0.6) is 0 Å². The lowest BCUT2D eigenvalue weighted by Gasteiger charge is -2.40. The summed E-state index contributed by atoms with van der Waals surface area (Å²) < 4.78 is 11.3. The van der Waals surface area contributed by atoms with Crippen LogP contribution in [0.1, 0.15) is 341 Å². The zero-order valence-corrected chi connectivity index (χ0v) is 49.1. The van der Waals surface area contributed by atoms with Crippen LogP contribution in [-0.2, 0) is 14.3 Å². The van der Waals surface area contributed by atoms with Crippen molar-refractivity contribution in [1.29, 1.82) is 0 Å². The molecule has 0 spiro atoms. The van der Waals surface area contributed by atoms with Crippen molar-refractivity contribution in [2.75, 3.05) is 13.2 Å². The maximum Gasteiger partial charge on any atom is 0.220 e. The van der Waals surface area contributed by atoms with E-state index in [9.17, 15) is 30.3 Å². The van der Waals surface area contributed by atoms with Crippen LogP contribution < -0.4 is 5.32 Å². The van der Waals surface area contributed by atoms with Gasteiger partial charge in [0.25, 0.3) is 0 Å². The summed E-state index contributed by atoms with van der Waals surface area (Å²) in [4.78, 5) is 13.1. The molecular formula is C65H127NO8. The minimum absolute atomic E-state index is 0.168. The van der Waals surface area contributed by atoms with Gasteiger partial charge in [0.1, 0.15) is 24.4 Å².